The summed E-state index contributed by atoms with van der Waals surface area (Å²) < 4.78 is 32.7. The van der Waals surface area contributed by atoms with Gasteiger partial charge in [0, 0.05) is 36.6 Å². The van der Waals surface area contributed by atoms with E-state index in [1.807, 2.05) is 6.07 Å². The van der Waals surface area contributed by atoms with Crippen molar-refractivity contribution in [3.63, 3.8) is 0 Å². The van der Waals surface area contributed by atoms with Crippen LogP contribution >= 0.6 is 0 Å². The summed E-state index contributed by atoms with van der Waals surface area (Å²) in [5.74, 6) is -0.248. The number of nitro benzene ring substituents is 1. The molecule has 2 aromatic carbocycles. The van der Waals surface area contributed by atoms with Crippen LogP contribution in [0, 0.1) is 10.1 Å². The van der Waals surface area contributed by atoms with E-state index in [0.29, 0.717) is 0 Å². The number of amides is 1. The van der Waals surface area contributed by atoms with E-state index in [9.17, 15) is 23.3 Å². The molecular formula is C20H18N4O6S. The largest absolute Gasteiger partial charge is 0.495 e. The predicted molar refractivity (Wildman–Crippen MR) is 112 cm³/mol. The average Bonchev–Trinajstić information content (AvgIpc) is 2.78. The topological polar surface area (TPSA) is 141 Å². The summed E-state index contributed by atoms with van der Waals surface area (Å²) in [7, 11) is -2.76. The highest BCUT2D eigenvalue weighted by Crippen LogP contribution is 2.30. The second-order valence-electron chi connectivity index (χ2n) is 6.32. The summed E-state index contributed by atoms with van der Waals surface area (Å²) in [5, 5.41) is 13.7. The van der Waals surface area contributed by atoms with Crippen LogP contribution < -0.4 is 14.8 Å². The third-order valence-corrected chi connectivity index (χ3v) is 5.62. The van der Waals surface area contributed by atoms with Gasteiger partial charge in [0.1, 0.15) is 5.75 Å². The van der Waals surface area contributed by atoms with Gasteiger partial charge in [0.15, 0.2) is 0 Å². The third kappa shape index (κ3) is 5.34. The number of carbonyl (C=O) groups is 1. The molecule has 0 saturated carbocycles. The van der Waals surface area contributed by atoms with Crippen LogP contribution in [-0.4, -0.2) is 31.3 Å². The van der Waals surface area contributed by atoms with Crippen molar-refractivity contribution in [1.29, 1.82) is 0 Å². The Hall–Kier alpha value is -3.99. The maximum Gasteiger partial charge on any atom is 0.271 e. The number of hydrogen-bond acceptors (Lipinski definition) is 7. The van der Waals surface area contributed by atoms with Gasteiger partial charge in [0.2, 0.25) is 0 Å². The van der Waals surface area contributed by atoms with E-state index >= 15 is 0 Å². The van der Waals surface area contributed by atoms with Gasteiger partial charge < -0.3 is 10.1 Å². The average molecular weight is 442 g/mol. The number of rotatable bonds is 8. The molecule has 0 aliphatic rings. The monoisotopic (exact) mass is 442 g/mol. The number of carbonyl (C=O) groups excluding carboxylic acids is 1. The summed E-state index contributed by atoms with van der Waals surface area (Å²) in [5.41, 5.74) is 0.732. The molecule has 0 fully saturated rings. The highest BCUT2D eigenvalue weighted by atomic mass is 32.2. The predicted octanol–water partition coefficient (Wildman–Crippen LogP) is 2.73. The van der Waals surface area contributed by atoms with Crippen LogP contribution in [0.1, 0.15) is 15.9 Å². The van der Waals surface area contributed by atoms with Gasteiger partial charge in [-0.05, 0) is 42.0 Å². The standard InChI is InChI=1S/C20H18N4O6S/c1-30-19-9-6-16(24(26)27)11-18(19)23-31(28,29)17-7-4-15(5-8-17)20(25)22-13-14-3-2-10-21-12-14/h2-12,23H,13H2,1H3,(H,22,25). The Bertz CT molecular complexity index is 1200. The molecule has 0 atom stereocenters. The highest BCUT2D eigenvalue weighted by Gasteiger charge is 2.19. The molecule has 0 spiro atoms. The molecule has 160 valence electrons. The van der Waals surface area contributed by atoms with Gasteiger partial charge in [-0.2, -0.15) is 0 Å². The molecule has 10 nitrogen and oxygen atoms in total. The first-order valence-corrected chi connectivity index (χ1v) is 10.4. The quantitative estimate of drug-likeness (QED) is 0.404. The van der Waals surface area contributed by atoms with Crippen molar-refractivity contribution in [3.05, 3.63) is 88.2 Å². The molecule has 1 amide bonds. The number of nitrogens with one attached hydrogen (secondary N) is 2. The number of sulfonamides is 1. The van der Waals surface area contributed by atoms with E-state index < -0.39 is 14.9 Å². The zero-order valence-corrected chi connectivity index (χ0v) is 17.1. The Morgan fingerprint density at radius 3 is 2.52 bits per heavy atom. The van der Waals surface area contributed by atoms with Crippen LogP contribution in [0.4, 0.5) is 11.4 Å². The summed E-state index contributed by atoms with van der Waals surface area (Å²) in [6, 6.07) is 12.4. The van der Waals surface area contributed by atoms with E-state index in [1.54, 1.807) is 18.5 Å². The Balaban J connectivity index is 1.75. The van der Waals surface area contributed by atoms with Crippen molar-refractivity contribution in [2.75, 3.05) is 11.8 Å². The first-order chi connectivity index (χ1) is 14.8. The fraction of sp³-hybridized carbons (Fsp3) is 0.100. The minimum Gasteiger partial charge on any atom is -0.495 e. The minimum atomic E-state index is -4.08. The molecule has 0 unspecified atom stereocenters. The first kappa shape index (κ1) is 21.7. The molecule has 1 aromatic heterocycles. The van der Waals surface area contributed by atoms with Gasteiger partial charge in [-0.3, -0.25) is 24.6 Å². The SMILES string of the molecule is COc1ccc([N+](=O)[O-])cc1NS(=O)(=O)c1ccc(C(=O)NCc2cccnc2)cc1. The molecule has 3 aromatic rings. The minimum absolute atomic E-state index is 0.0741. The fourth-order valence-corrected chi connectivity index (χ4v) is 3.73. The molecule has 0 radical (unpaired) electrons. The summed E-state index contributed by atoms with van der Waals surface area (Å²) in [6.07, 6.45) is 3.26. The lowest BCUT2D eigenvalue weighted by molar-refractivity contribution is -0.384. The maximum atomic E-state index is 12.7. The molecular weight excluding hydrogens is 424 g/mol. The van der Waals surface area contributed by atoms with Crippen molar-refractivity contribution in [3.8, 4) is 5.75 Å². The van der Waals surface area contributed by atoms with Gasteiger partial charge in [0.05, 0.1) is 22.6 Å². The van der Waals surface area contributed by atoms with Crippen LogP contribution in [-0.2, 0) is 16.6 Å². The van der Waals surface area contributed by atoms with Crippen molar-refractivity contribution >= 4 is 27.3 Å². The van der Waals surface area contributed by atoms with Crippen LogP contribution in [0.5, 0.6) is 5.75 Å². The smallest absolute Gasteiger partial charge is 0.271 e. The Labute approximate surface area is 178 Å². The molecule has 0 saturated heterocycles. The van der Waals surface area contributed by atoms with Gasteiger partial charge in [-0.15, -0.1) is 0 Å². The Morgan fingerprint density at radius 2 is 1.90 bits per heavy atom. The number of pyridine rings is 1. The number of benzene rings is 2. The number of non-ortho nitro benzene ring substituents is 1. The number of nitro groups is 1. The van der Waals surface area contributed by atoms with Crippen molar-refractivity contribution < 1.29 is 22.9 Å². The van der Waals surface area contributed by atoms with E-state index in [1.165, 1.54) is 43.5 Å². The Kier molecular flexibility index (Phi) is 6.46. The van der Waals surface area contributed by atoms with Crippen LogP contribution in [0.2, 0.25) is 0 Å². The highest BCUT2D eigenvalue weighted by molar-refractivity contribution is 7.92. The van der Waals surface area contributed by atoms with Crippen molar-refractivity contribution in [2.24, 2.45) is 0 Å². The van der Waals surface area contributed by atoms with E-state index in [4.69, 9.17) is 4.74 Å². The molecule has 0 bridgehead atoms. The van der Waals surface area contributed by atoms with Gasteiger partial charge in [0.25, 0.3) is 21.6 Å². The van der Waals surface area contributed by atoms with Gasteiger partial charge >= 0.3 is 0 Å². The second-order valence-corrected chi connectivity index (χ2v) is 8.00. The zero-order chi connectivity index (χ0) is 22.4. The first-order valence-electron chi connectivity index (χ1n) is 8.92. The van der Waals surface area contributed by atoms with Crippen LogP contribution in [0.3, 0.4) is 0 Å². The summed E-state index contributed by atoms with van der Waals surface area (Å²) >= 11 is 0. The van der Waals surface area contributed by atoms with Gasteiger partial charge in [-0.25, -0.2) is 8.42 Å². The maximum absolute atomic E-state index is 12.7. The Morgan fingerprint density at radius 1 is 1.16 bits per heavy atom. The molecule has 3 rings (SSSR count). The van der Waals surface area contributed by atoms with Crippen LogP contribution in [0.25, 0.3) is 0 Å². The lowest BCUT2D eigenvalue weighted by Gasteiger charge is -2.12. The van der Waals surface area contributed by atoms with E-state index in [-0.39, 0.29) is 40.0 Å². The molecule has 2 N–H and O–H groups in total. The summed E-state index contributed by atoms with van der Waals surface area (Å²) in [6.45, 7) is 0.279. The number of methoxy groups -OCH3 is 1. The zero-order valence-electron chi connectivity index (χ0n) is 16.3. The normalized spacial score (nSPS) is 10.9. The lowest BCUT2D eigenvalue weighted by Crippen LogP contribution is -2.23. The molecule has 1 heterocycles. The number of anilines is 1. The molecule has 0 aliphatic carbocycles. The summed E-state index contributed by atoms with van der Waals surface area (Å²) in [4.78, 5) is 26.5. The number of hydrogen-bond donors (Lipinski definition) is 2. The number of aromatic nitrogens is 1. The molecule has 31 heavy (non-hydrogen) atoms. The van der Waals surface area contributed by atoms with E-state index in [2.05, 4.69) is 15.0 Å². The number of ether oxygens (including phenoxy) is 1. The number of nitrogens with zero attached hydrogens (tertiary/aromatic N) is 2. The van der Waals surface area contributed by atoms with Gasteiger partial charge in [-0.1, -0.05) is 6.07 Å². The third-order valence-electron chi connectivity index (χ3n) is 4.24. The molecule has 11 heteroatoms. The van der Waals surface area contributed by atoms with Crippen LogP contribution in [0.15, 0.2) is 71.9 Å². The second kappa shape index (κ2) is 9.22. The van der Waals surface area contributed by atoms with E-state index in [0.717, 1.165) is 11.6 Å². The van der Waals surface area contributed by atoms with Crippen molar-refractivity contribution in [1.82, 2.24) is 10.3 Å². The lowest BCUT2D eigenvalue weighted by atomic mass is 10.2. The van der Waals surface area contributed by atoms with Crippen molar-refractivity contribution in [2.45, 2.75) is 11.4 Å². The molecule has 0 aliphatic heterocycles. The fourth-order valence-electron chi connectivity index (χ4n) is 2.67.